The summed E-state index contributed by atoms with van der Waals surface area (Å²) in [4.78, 5) is 9.43. The van der Waals surface area contributed by atoms with Crippen molar-refractivity contribution in [3.05, 3.63) is 47.6 Å². The van der Waals surface area contributed by atoms with E-state index < -0.39 is 0 Å². The van der Waals surface area contributed by atoms with Gasteiger partial charge in [0, 0.05) is 32.3 Å². The second-order valence-electron chi connectivity index (χ2n) is 7.73. The molecule has 1 atom stereocenters. The van der Waals surface area contributed by atoms with Gasteiger partial charge >= 0.3 is 0 Å². The van der Waals surface area contributed by atoms with E-state index in [1.54, 1.807) is 7.11 Å². The molecule has 2 saturated heterocycles. The molecule has 2 aromatic rings. The summed E-state index contributed by atoms with van der Waals surface area (Å²) in [6.45, 7) is 4.45. The molecule has 140 valence electrons. The van der Waals surface area contributed by atoms with Crippen LogP contribution in [0.5, 0.6) is 0 Å². The first-order valence-electron chi connectivity index (χ1n) is 9.47. The molecule has 0 amide bonds. The summed E-state index contributed by atoms with van der Waals surface area (Å²) >= 11 is 0. The van der Waals surface area contributed by atoms with Gasteiger partial charge in [0.25, 0.3) is 0 Å². The van der Waals surface area contributed by atoms with E-state index in [-0.39, 0.29) is 0 Å². The van der Waals surface area contributed by atoms with Gasteiger partial charge in [-0.15, -0.1) is 0 Å². The van der Waals surface area contributed by atoms with Gasteiger partial charge in [0.1, 0.15) is 6.61 Å². The first-order chi connectivity index (χ1) is 12.7. The van der Waals surface area contributed by atoms with Crippen LogP contribution >= 0.6 is 0 Å². The zero-order valence-corrected chi connectivity index (χ0v) is 15.7. The van der Waals surface area contributed by atoms with Gasteiger partial charge in [-0.3, -0.25) is 9.80 Å². The number of likely N-dealkylation sites (tertiary alicyclic amines) is 2. The van der Waals surface area contributed by atoms with Crippen LogP contribution in [0.15, 0.2) is 34.9 Å². The average Bonchev–Trinajstić information content (AvgIpc) is 3.23. The SMILES string of the molecule is COCc1noc(CN2CCC3(CC2)C[C@H](c2ccccc2)CN3C)n1. The zero-order valence-electron chi connectivity index (χ0n) is 15.7. The van der Waals surface area contributed by atoms with Crippen molar-refractivity contribution in [3.8, 4) is 0 Å². The van der Waals surface area contributed by atoms with E-state index in [2.05, 4.69) is 57.3 Å². The minimum absolute atomic E-state index is 0.340. The fraction of sp³-hybridized carbons (Fsp3) is 0.600. The Hall–Kier alpha value is -1.76. The van der Waals surface area contributed by atoms with E-state index in [1.165, 1.54) is 24.8 Å². The van der Waals surface area contributed by atoms with Gasteiger partial charge in [-0.1, -0.05) is 35.5 Å². The van der Waals surface area contributed by atoms with Crippen LogP contribution in [0.2, 0.25) is 0 Å². The lowest BCUT2D eigenvalue weighted by atomic mass is 9.81. The molecule has 0 bridgehead atoms. The average molecular weight is 356 g/mol. The number of piperidine rings is 1. The largest absolute Gasteiger partial charge is 0.377 e. The van der Waals surface area contributed by atoms with Crippen molar-refractivity contribution in [2.24, 2.45) is 0 Å². The molecule has 1 spiro atoms. The van der Waals surface area contributed by atoms with Gasteiger partial charge in [-0.2, -0.15) is 4.98 Å². The van der Waals surface area contributed by atoms with Gasteiger partial charge in [-0.05, 0) is 37.8 Å². The lowest BCUT2D eigenvalue weighted by Gasteiger charge is -2.43. The number of rotatable bonds is 5. The van der Waals surface area contributed by atoms with Gasteiger partial charge in [0.05, 0.1) is 6.54 Å². The minimum Gasteiger partial charge on any atom is -0.377 e. The molecule has 0 aliphatic carbocycles. The van der Waals surface area contributed by atoms with Crippen LogP contribution in [0.3, 0.4) is 0 Å². The molecule has 1 aromatic heterocycles. The summed E-state index contributed by atoms with van der Waals surface area (Å²) in [5.74, 6) is 1.97. The zero-order chi connectivity index (χ0) is 18.0. The van der Waals surface area contributed by atoms with Crippen LogP contribution in [0.1, 0.15) is 42.5 Å². The van der Waals surface area contributed by atoms with E-state index in [0.717, 1.165) is 26.2 Å². The number of likely N-dealkylation sites (N-methyl/N-ethyl adjacent to an activating group) is 1. The number of ether oxygens (including phenoxy) is 1. The molecule has 2 aliphatic heterocycles. The summed E-state index contributed by atoms with van der Waals surface area (Å²) in [5.41, 5.74) is 1.82. The number of hydrogen-bond donors (Lipinski definition) is 0. The molecule has 4 rings (SSSR count). The van der Waals surface area contributed by atoms with Crippen molar-refractivity contribution in [2.45, 2.75) is 43.9 Å². The Balaban J connectivity index is 1.35. The van der Waals surface area contributed by atoms with Crippen LogP contribution in [-0.4, -0.2) is 59.3 Å². The molecule has 2 aliphatic rings. The van der Waals surface area contributed by atoms with Gasteiger partial charge < -0.3 is 9.26 Å². The van der Waals surface area contributed by atoms with E-state index in [1.807, 2.05) is 0 Å². The number of aromatic nitrogens is 2. The fourth-order valence-electron chi connectivity index (χ4n) is 4.60. The summed E-state index contributed by atoms with van der Waals surface area (Å²) in [7, 11) is 3.94. The van der Waals surface area contributed by atoms with E-state index in [0.29, 0.717) is 29.8 Å². The van der Waals surface area contributed by atoms with Gasteiger partial charge in [-0.25, -0.2) is 0 Å². The topological polar surface area (TPSA) is 54.6 Å². The Morgan fingerprint density at radius 3 is 2.73 bits per heavy atom. The predicted molar refractivity (Wildman–Crippen MR) is 98.7 cm³/mol. The molecule has 1 aromatic carbocycles. The lowest BCUT2D eigenvalue weighted by Crippen LogP contribution is -2.50. The van der Waals surface area contributed by atoms with Crippen LogP contribution < -0.4 is 0 Å². The lowest BCUT2D eigenvalue weighted by molar-refractivity contribution is 0.0623. The van der Waals surface area contributed by atoms with Crippen molar-refractivity contribution in [2.75, 3.05) is 33.8 Å². The monoisotopic (exact) mass is 356 g/mol. The van der Waals surface area contributed by atoms with Crippen molar-refractivity contribution >= 4 is 0 Å². The third-order valence-corrected chi connectivity index (χ3v) is 6.13. The Bertz CT molecular complexity index is 710. The van der Waals surface area contributed by atoms with Crippen LogP contribution in [0, 0.1) is 0 Å². The second kappa shape index (κ2) is 7.47. The highest BCUT2D eigenvalue weighted by Crippen LogP contribution is 2.44. The normalized spacial score (nSPS) is 23.7. The first kappa shape index (κ1) is 17.6. The standard InChI is InChI=1S/C20H28N4O2/c1-23-13-17(16-6-4-3-5-7-16)12-20(23)8-10-24(11-9-20)14-19-21-18(15-25-2)22-26-19/h3-7,17H,8-15H2,1-2H3/t17-/m0/s1. The summed E-state index contributed by atoms with van der Waals surface area (Å²) < 4.78 is 10.4. The van der Waals surface area contributed by atoms with E-state index in [4.69, 9.17) is 9.26 Å². The molecule has 0 radical (unpaired) electrons. The maximum atomic E-state index is 5.34. The van der Waals surface area contributed by atoms with Crippen LogP contribution in [-0.2, 0) is 17.9 Å². The number of nitrogens with zero attached hydrogens (tertiary/aromatic N) is 4. The second-order valence-corrected chi connectivity index (χ2v) is 7.73. The summed E-state index contributed by atoms with van der Waals surface area (Å²) in [5, 5.41) is 3.95. The van der Waals surface area contributed by atoms with E-state index in [9.17, 15) is 0 Å². The highest BCUT2D eigenvalue weighted by Gasteiger charge is 2.45. The van der Waals surface area contributed by atoms with Crippen LogP contribution in [0.25, 0.3) is 0 Å². The fourth-order valence-corrected chi connectivity index (χ4v) is 4.60. The minimum atomic E-state index is 0.340. The third kappa shape index (κ3) is 3.54. The first-order valence-corrected chi connectivity index (χ1v) is 9.47. The molecule has 0 unspecified atom stereocenters. The highest BCUT2D eigenvalue weighted by molar-refractivity contribution is 5.23. The maximum Gasteiger partial charge on any atom is 0.240 e. The molecule has 26 heavy (non-hydrogen) atoms. The van der Waals surface area contributed by atoms with Gasteiger partial charge in [0.2, 0.25) is 5.89 Å². The van der Waals surface area contributed by atoms with Crippen LogP contribution in [0.4, 0.5) is 0 Å². The Labute approximate surface area is 155 Å². The maximum absolute atomic E-state index is 5.34. The quantitative estimate of drug-likeness (QED) is 0.821. The number of benzene rings is 1. The van der Waals surface area contributed by atoms with Crippen molar-refractivity contribution < 1.29 is 9.26 Å². The molecule has 3 heterocycles. The molecule has 6 nitrogen and oxygen atoms in total. The highest BCUT2D eigenvalue weighted by atomic mass is 16.5. The summed E-state index contributed by atoms with van der Waals surface area (Å²) in [6, 6.07) is 11.0. The summed E-state index contributed by atoms with van der Waals surface area (Å²) in [6.07, 6.45) is 3.66. The van der Waals surface area contributed by atoms with Crippen molar-refractivity contribution in [1.82, 2.24) is 19.9 Å². The Kier molecular flexibility index (Phi) is 5.07. The number of hydrogen-bond acceptors (Lipinski definition) is 6. The van der Waals surface area contributed by atoms with Crippen molar-refractivity contribution in [3.63, 3.8) is 0 Å². The molecule has 2 fully saturated rings. The Morgan fingerprint density at radius 2 is 2.00 bits per heavy atom. The van der Waals surface area contributed by atoms with E-state index >= 15 is 0 Å². The Morgan fingerprint density at radius 1 is 1.23 bits per heavy atom. The van der Waals surface area contributed by atoms with Gasteiger partial charge in [0.15, 0.2) is 5.82 Å². The molecular weight excluding hydrogens is 328 g/mol. The molecule has 6 heteroatoms. The molecule has 0 saturated carbocycles. The van der Waals surface area contributed by atoms with Crippen molar-refractivity contribution in [1.29, 1.82) is 0 Å². The third-order valence-electron chi connectivity index (χ3n) is 6.13. The molecule has 0 N–H and O–H groups in total. The molecular formula is C20H28N4O2. The number of methoxy groups -OCH3 is 1. The predicted octanol–water partition coefficient (Wildman–Crippen LogP) is 2.67. The smallest absolute Gasteiger partial charge is 0.240 e.